The van der Waals surface area contributed by atoms with Gasteiger partial charge >= 0.3 is 12.1 Å². The molecule has 2 bridgehead atoms. The molecule has 2 fully saturated rings. The highest BCUT2D eigenvalue weighted by molar-refractivity contribution is 5.94. The van der Waals surface area contributed by atoms with Crippen molar-refractivity contribution in [1.29, 1.82) is 0 Å². The molecule has 3 aromatic rings. The third-order valence-electron chi connectivity index (χ3n) is 5.58. The van der Waals surface area contributed by atoms with E-state index >= 15 is 0 Å². The number of hydrogen-bond acceptors (Lipinski definition) is 4. The van der Waals surface area contributed by atoms with E-state index in [0.29, 0.717) is 18.2 Å². The van der Waals surface area contributed by atoms with E-state index in [1.54, 1.807) is 0 Å². The topological polar surface area (TPSA) is 87.2 Å². The van der Waals surface area contributed by atoms with E-state index in [9.17, 15) is 13.2 Å². The maximum absolute atomic E-state index is 10.6. The second-order valence-corrected chi connectivity index (χ2v) is 7.78. The molecule has 9 heteroatoms. The number of halogens is 3. The summed E-state index contributed by atoms with van der Waals surface area (Å²) >= 11 is 0. The Morgan fingerprint density at radius 3 is 2.42 bits per heavy atom. The molecular formula is C22H22F3N3O3. The van der Waals surface area contributed by atoms with Crippen LogP contribution in [-0.4, -0.2) is 45.4 Å². The maximum atomic E-state index is 10.6. The van der Waals surface area contributed by atoms with Crippen LogP contribution in [0.15, 0.2) is 48.8 Å². The summed E-state index contributed by atoms with van der Waals surface area (Å²) in [6, 6.07) is 13.8. The molecule has 4 heterocycles. The maximum Gasteiger partial charge on any atom is 0.490 e. The molecule has 6 nitrogen and oxygen atoms in total. The van der Waals surface area contributed by atoms with Crippen molar-refractivity contribution < 1.29 is 27.8 Å². The smallest absolute Gasteiger partial charge is 0.489 e. The number of aliphatic carboxylic acids is 1. The van der Waals surface area contributed by atoms with Crippen LogP contribution in [-0.2, 0) is 4.79 Å². The summed E-state index contributed by atoms with van der Waals surface area (Å²) in [6.07, 6.45) is 3.89. The van der Waals surface area contributed by atoms with Gasteiger partial charge in [0, 0.05) is 34.7 Å². The molecular weight excluding hydrogens is 411 g/mol. The molecule has 0 aliphatic carbocycles. The number of carboxylic acids is 1. The van der Waals surface area contributed by atoms with E-state index in [1.807, 2.05) is 12.4 Å². The number of hydrogen-bond donors (Lipinski definition) is 3. The summed E-state index contributed by atoms with van der Waals surface area (Å²) in [6.45, 7) is 0. The van der Waals surface area contributed by atoms with E-state index in [4.69, 9.17) is 14.6 Å². The molecule has 0 saturated carbocycles. The first-order valence-electron chi connectivity index (χ1n) is 10.0. The Bertz CT molecular complexity index is 1040. The Kier molecular flexibility index (Phi) is 5.86. The summed E-state index contributed by atoms with van der Waals surface area (Å²) in [5.41, 5.74) is 3.28. The van der Waals surface area contributed by atoms with Crippen LogP contribution < -0.4 is 10.1 Å². The van der Waals surface area contributed by atoms with Crippen LogP contribution in [0.2, 0.25) is 0 Å². The average molecular weight is 433 g/mol. The molecule has 5 rings (SSSR count). The van der Waals surface area contributed by atoms with Gasteiger partial charge < -0.3 is 20.1 Å². The number of piperidine rings is 1. The normalized spacial score (nSPS) is 22.6. The number of benzene rings is 1. The number of aromatic amines is 1. The fourth-order valence-corrected chi connectivity index (χ4v) is 4.21. The van der Waals surface area contributed by atoms with Gasteiger partial charge in [-0.3, -0.25) is 4.98 Å². The van der Waals surface area contributed by atoms with Crippen LogP contribution in [0.25, 0.3) is 22.2 Å². The van der Waals surface area contributed by atoms with E-state index < -0.39 is 12.1 Å². The summed E-state index contributed by atoms with van der Waals surface area (Å²) in [5.74, 6) is -1.88. The standard InChI is InChI=1S/C20H21N3O.C2HF3O2/c1-2-17(18-8-9-21-19(18)3-1)20-7-6-15(12-22-20)24-16-10-13-4-5-14(11-16)23-13;3-2(4,5)1(6)7/h1-3,6-9,12-14,16,21,23H,4-5,10-11H2;(H,6,7). The largest absolute Gasteiger partial charge is 0.490 e. The number of H-pyrrole nitrogens is 1. The van der Waals surface area contributed by atoms with E-state index in [2.05, 4.69) is 51.7 Å². The second-order valence-electron chi connectivity index (χ2n) is 7.78. The van der Waals surface area contributed by atoms with Gasteiger partial charge in [0.05, 0.1) is 11.9 Å². The van der Waals surface area contributed by atoms with Crippen molar-refractivity contribution in [2.45, 2.75) is 50.0 Å². The zero-order chi connectivity index (χ0) is 22.0. The van der Waals surface area contributed by atoms with E-state index in [1.165, 1.54) is 18.2 Å². The number of nitrogens with one attached hydrogen (secondary N) is 2. The zero-order valence-corrected chi connectivity index (χ0v) is 16.5. The first kappa shape index (κ1) is 21.2. The van der Waals surface area contributed by atoms with Crippen molar-refractivity contribution in [1.82, 2.24) is 15.3 Å². The number of nitrogens with zero attached hydrogens (tertiary/aromatic N) is 1. The Labute approximate surface area is 176 Å². The van der Waals surface area contributed by atoms with Gasteiger partial charge in [0.2, 0.25) is 0 Å². The van der Waals surface area contributed by atoms with Gasteiger partial charge in [-0.05, 0) is 49.9 Å². The van der Waals surface area contributed by atoms with E-state index in [-0.39, 0.29) is 0 Å². The number of fused-ring (bicyclic) bond motifs is 3. The summed E-state index contributed by atoms with van der Waals surface area (Å²) in [5, 5.41) is 12.0. The summed E-state index contributed by atoms with van der Waals surface area (Å²) in [7, 11) is 0. The number of rotatable bonds is 3. The first-order chi connectivity index (χ1) is 14.8. The molecule has 2 atom stereocenters. The molecule has 164 valence electrons. The predicted molar refractivity (Wildman–Crippen MR) is 109 cm³/mol. The van der Waals surface area contributed by atoms with Crippen molar-refractivity contribution >= 4 is 16.9 Å². The highest BCUT2D eigenvalue weighted by Gasteiger charge is 2.38. The van der Waals surface area contributed by atoms with Crippen molar-refractivity contribution in [2.24, 2.45) is 0 Å². The minimum absolute atomic E-state index is 0.324. The number of carbonyl (C=O) groups is 1. The number of aromatic nitrogens is 2. The minimum Gasteiger partial charge on any atom is -0.489 e. The van der Waals surface area contributed by atoms with Gasteiger partial charge in [0.1, 0.15) is 11.9 Å². The summed E-state index contributed by atoms with van der Waals surface area (Å²) < 4.78 is 37.9. The van der Waals surface area contributed by atoms with Gasteiger partial charge in [0.15, 0.2) is 0 Å². The van der Waals surface area contributed by atoms with Crippen LogP contribution in [0.3, 0.4) is 0 Å². The van der Waals surface area contributed by atoms with Crippen molar-refractivity contribution in [3.63, 3.8) is 0 Å². The molecule has 2 aliphatic rings. The molecule has 31 heavy (non-hydrogen) atoms. The number of ether oxygens (including phenoxy) is 1. The monoisotopic (exact) mass is 433 g/mol. The molecule has 0 spiro atoms. The van der Waals surface area contributed by atoms with Gasteiger partial charge in [0.25, 0.3) is 0 Å². The zero-order valence-electron chi connectivity index (χ0n) is 16.5. The van der Waals surface area contributed by atoms with Crippen LogP contribution in [0, 0.1) is 0 Å². The van der Waals surface area contributed by atoms with Crippen LogP contribution in [0.1, 0.15) is 25.7 Å². The SMILES string of the molecule is O=C(O)C(F)(F)F.c1cc(-c2ccc(OC3CC4CCC(C3)N4)cn2)c2cc[nH]c2c1. The third kappa shape index (κ3) is 4.99. The highest BCUT2D eigenvalue weighted by atomic mass is 19.4. The molecule has 0 radical (unpaired) electrons. The first-order valence-corrected chi connectivity index (χ1v) is 10.0. The molecule has 0 amide bonds. The Morgan fingerprint density at radius 2 is 1.81 bits per heavy atom. The lowest BCUT2D eigenvalue weighted by atomic mass is 10.0. The fourth-order valence-electron chi connectivity index (χ4n) is 4.21. The molecule has 2 unspecified atom stereocenters. The van der Waals surface area contributed by atoms with Crippen LogP contribution in [0.5, 0.6) is 5.75 Å². The Hall–Kier alpha value is -3.07. The van der Waals surface area contributed by atoms with E-state index in [0.717, 1.165) is 35.4 Å². The number of pyridine rings is 1. The molecule has 3 N–H and O–H groups in total. The van der Waals surface area contributed by atoms with Gasteiger partial charge in [-0.15, -0.1) is 0 Å². The predicted octanol–water partition coefficient (Wildman–Crippen LogP) is 4.53. The summed E-state index contributed by atoms with van der Waals surface area (Å²) in [4.78, 5) is 16.8. The quantitative estimate of drug-likeness (QED) is 0.565. The lowest BCUT2D eigenvalue weighted by Gasteiger charge is -2.29. The van der Waals surface area contributed by atoms with Gasteiger partial charge in [-0.25, -0.2) is 4.79 Å². The molecule has 1 aromatic carbocycles. The second kappa shape index (κ2) is 8.58. The number of alkyl halides is 3. The van der Waals surface area contributed by atoms with Crippen LogP contribution >= 0.6 is 0 Å². The highest BCUT2D eigenvalue weighted by Crippen LogP contribution is 2.31. The lowest BCUT2D eigenvalue weighted by molar-refractivity contribution is -0.192. The average Bonchev–Trinajstić information content (AvgIpc) is 3.34. The van der Waals surface area contributed by atoms with Crippen molar-refractivity contribution in [3.05, 3.63) is 48.8 Å². The van der Waals surface area contributed by atoms with Crippen LogP contribution in [0.4, 0.5) is 13.2 Å². The van der Waals surface area contributed by atoms with Gasteiger partial charge in [-0.1, -0.05) is 12.1 Å². The molecule has 2 aromatic heterocycles. The Morgan fingerprint density at radius 1 is 1.10 bits per heavy atom. The van der Waals surface area contributed by atoms with Crippen molar-refractivity contribution in [2.75, 3.05) is 0 Å². The van der Waals surface area contributed by atoms with Gasteiger partial charge in [-0.2, -0.15) is 13.2 Å². The van der Waals surface area contributed by atoms with Crippen molar-refractivity contribution in [3.8, 4) is 17.0 Å². The number of carboxylic acid groups (broad SMARTS) is 1. The molecule has 2 saturated heterocycles. The Balaban J connectivity index is 0.000000289. The third-order valence-corrected chi connectivity index (χ3v) is 5.58. The lowest BCUT2D eigenvalue weighted by Crippen LogP contribution is -2.42. The minimum atomic E-state index is -5.08. The fraction of sp³-hybridized carbons (Fsp3) is 0.364. The molecule has 2 aliphatic heterocycles.